The minimum Gasteiger partial charge on any atom is -0.377 e. The second-order valence-electron chi connectivity index (χ2n) is 3.99. The molecule has 0 fully saturated rings. The fraction of sp³-hybridized carbons (Fsp3) is 0.571. The summed E-state index contributed by atoms with van der Waals surface area (Å²) in [6.45, 7) is 5.01. The Labute approximate surface area is 99.0 Å². The summed E-state index contributed by atoms with van der Waals surface area (Å²) in [4.78, 5) is 0. The van der Waals surface area contributed by atoms with Gasteiger partial charge in [0.05, 0.1) is 6.10 Å². The molecule has 0 saturated carbocycles. The van der Waals surface area contributed by atoms with Crippen LogP contribution in [0.25, 0.3) is 0 Å². The predicted octanol–water partition coefficient (Wildman–Crippen LogP) is 2.63. The first-order chi connectivity index (χ1) is 7.81. The summed E-state index contributed by atoms with van der Waals surface area (Å²) >= 11 is 0. The molecular weight excluding hydrogens is 198 g/mol. The van der Waals surface area contributed by atoms with Crippen LogP contribution in [0, 0.1) is 0 Å². The van der Waals surface area contributed by atoms with Crippen molar-refractivity contribution in [1.82, 2.24) is 5.32 Å². The van der Waals surface area contributed by atoms with Crippen molar-refractivity contribution in [3.63, 3.8) is 0 Å². The summed E-state index contributed by atoms with van der Waals surface area (Å²) in [5.41, 5.74) is 1.36. The van der Waals surface area contributed by atoms with E-state index in [0.717, 1.165) is 19.4 Å². The van der Waals surface area contributed by atoms with Gasteiger partial charge in [-0.25, -0.2) is 0 Å². The normalized spacial score (nSPS) is 14.7. The number of hydrogen-bond acceptors (Lipinski definition) is 2. The Bertz CT molecular complexity index is 273. The third-order valence-corrected chi connectivity index (χ3v) is 2.90. The zero-order chi connectivity index (χ0) is 11.8. The number of hydrogen-bond donors (Lipinski definition) is 1. The SMILES string of the molecule is CCOC(CC)C(Cc1ccccc1)NC. The third-order valence-electron chi connectivity index (χ3n) is 2.90. The molecule has 0 spiro atoms. The molecule has 2 atom stereocenters. The Kier molecular flexibility index (Phi) is 6.12. The highest BCUT2D eigenvalue weighted by Gasteiger charge is 2.18. The average molecular weight is 221 g/mol. The topological polar surface area (TPSA) is 21.3 Å². The van der Waals surface area contributed by atoms with Crippen molar-refractivity contribution in [2.75, 3.05) is 13.7 Å². The minimum absolute atomic E-state index is 0.301. The molecule has 0 aromatic heterocycles. The third kappa shape index (κ3) is 3.95. The summed E-state index contributed by atoms with van der Waals surface area (Å²) in [5.74, 6) is 0. The minimum atomic E-state index is 0.301. The van der Waals surface area contributed by atoms with Gasteiger partial charge in [0.25, 0.3) is 0 Å². The van der Waals surface area contributed by atoms with E-state index in [1.54, 1.807) is 0 Å². The van der Waals surface area contributed by atoms with E-state index in [-0.39, 0.29) is 0 Å². The quantitative estimate of drug-likeness (QED) is 0.764. The molecule has 90 valence electrons. The van der Waals surface area contributed by atoms with Crippen molar-refractivity contribution in [3.8, 4) is 0 Å². The summed E-state index contributed by atoms with van der Waals surface area (Å²) in [6.07, 6.45) is 2.37. The molecular formula is C14H23NO. The summed E-state index contributed by atoms with van der Waals surface area (Å²) < 4.78 is 5.75. The van der Waals surface area contributed by atoms with Crippen LogP contribution in [-0.4, -0.2) is 25.8 Å². The van der Waals surface area contributed by atoms with Crippen molar-refractivity contribution in [2.45, 2.75) is 38.8 Å². The van der Waals surface area contributed by atoms with E-state index < -0.39 is 0 Å². The Morgan fingerprint density at radius 3 is 2.38 bits per heavy atom. The first-order valence-electron chi connectivity index (χ1n) is 6.14. The van der Waals surface area contributed by atoms with E-state index in [9.17, 15) is 0 Å². The van der Waals surface area contributed by atoms with Gasteiger partial charge in [0.2, 0.25) is 0 Å². The van der Waals surface area contributed by atoms with Gasteiger partial charge in [-0.3, -0.25) is 0 Å². The van der Waals surface area contributed by atoms with E-state index >= 15 is 0 Å². The fourth-order valence-corrected chi connectivity index (χ4v) is 2.02. The molecule has 2 heteroatoms. The molecule has 0 amide bonds. The number of benzene rings is 1. The van der Waals surface area contributed by atoms with Crippen LogP contribution in [-0.2, 0) is 11.2 Å². The molecule has 0 aliphatic heterocycles. The Hall–Kier alpha value is -0.860. The monoisotopic (exact) mass is 221 g/mol. The molecule has 1 aromatic rings. The molecule has 1 aromatic carbocycles. The van der Waals surface area contributed by atoms with Gasteiger partial charge in [-0.2, -0.15) is 0 Å². The number of rotatable bonds is 7. The van der Waals surface area contributed by atoms with Crippen LogP contribution < -0.4 is 5.32 Å². The summed E-state index contributed by atoms with van der Waals surface area (Å²) in [5, 5.41) is 3.36. The average Bonchev–Trinajstić information content (AvgIpc) is 2.35. The molecule has 0 bridgehead atoms. The molecule has 1 N–H and O–H groups in total. The van der Waals surface area contributed by atoms with Gasteiger partial charge >= 0.3 is 0 Å². The van der Waals surface area contributed by atoms with Crippen molar-refractivity contribution < 1.29 is 4.74 Å². The van der Waals surface area contributed by atoms with Gasteiger partial charge in [0, 0.05) is 12.6 Å². The van der Waals surface area contributed by atoms with E-state index in [1.165, 1.54) is 5.56 Å². The molecule has 0 aliphatic rings. The van der Waals surface area contributed by atoms with Crippen LogP contribution in [0.5, 0.6) is 0 Å². The largest absolute Gasteiger partial charge is 0.377 e. The second-order valence-corrected chi connectivity index (χ2v) is 3.99. The van der Waals surface area contributed by atoms with Crippen LogP contribution in [0.3, 0.4) is 0 Å². The highest BCUT2D eigenvalue weighted by atomic mass is 16.5. The zero-order valence-corrected chi connectivity index (χ0v) is 10.6. The molecule has 0 saturated heterocycles. The second kappa shape index (κ2) is 7.42. The lowest BCUT2D eigenvalue weighted by atomic mass is 10.00. The Morgan fingerprint density at radius 1 is 1.19 bits per heavy atom. The molecule has 0 radical (unpaired) electrons. The van der Waals surface area contributed by atoms with Gasteiger partial charge in [-0.05, 0) is 32.4 Å². The molecule has 0 aliphatic carbocycles. The van der Waals surface area contributed by atoms with Crippen molar-refractivity contribution in [1.29, 1.82) is 0 Å². The maximum atomic E-state index is 5.75. The van der Waals surface area contributed by atoms with Gasteiger partial charge in [0.1, 0.15) is 0 Å². The Balaban J connectivity index is 2.60. The molecule has 1 rings (SSSR count). The smallest absolute Gasteiger partial charge is 0.0728 e. The molecule has 16 heavy (non-hydrogen) atoms. The van der Waals surface area contributed by atoms with Crippen molar-refractivity contribution in [2.24, 2.45) is 0 Å². The lowest BCUT2D eigenvalue weighted by Gasteiger charge is -2.25. The molecule has 0 heterocycles. The van der Waals surface area contributed by atoms with Crippen LogP contribution in [0.1, 0.15) is 25.8 Å². The van der Waals surface area contributed by atoms with E-state index in [1.807, 2.05) is 7.05 Å². The van der Waals surface area contributed by atoms with E-state index in [4.69, 9.17) is 4.74 Å². The van der Waals surface area contributed by atoms with Crippen LogP contribution in [0.2, 0.25) is 0 Å². The maximum Gasteiger partial charge on any atom is 0.0728 e. The number of nitrogens with one attached hydrogen (secondary N) is 1. The van der Waals surface area contributed by atoms with Gasteiger partial charge < -0.3 is 10.1 Å². The van der Waals surface area contributed by atoms with Gasteiger partial charge in [-0.1, -0.05) is 37.3 Å². The van der Waals surface area contributed by atoms with Gasteiger partial charge in [-0.15, -0.1) is 0 Å². The van der Waals surface area contributed by atoms with E-state index in [2.05, 4.69) is 49.5 Å². The first-order valence-corrected chi connectivity index (χ1v) is 6.14. The number of ether oxygens (including phenoxy) is 1. The molecule has 2 unspecified atom stereocenters. The standard InChI is InChI=1S/C14H23NO/c1-4-14(16-5-2)13(15-3)11-12-9-7-6-8-10-12/h6-10,13-15H,4-5,11H2,1-3H3. The van der Waals surface area contributed by atoms with Crippen molar-refractivity contribution in [3.05, 3.63) is 35.9 Å². The fourth-order valence-electron chi connectivity index (χ4n) is 2.02. The predicted molar refractivity (Wildman–Crippen MR) is 68.7 cm³/mol. The van der Waals surface area contributed by atoms with Crippen LogP contribution in [0.4, 0.5) is 0 Å². The van der Waals surface area contributed by atoms with Gasteiger partial charge in [0.15, 0.2) is 0 Å². The lowest BCUT2D eigenvalue weighted by molar-refractivity contribution is 0.0339. The highest BCUT2D eigenvalue weighted by molar-refractivity contribution is 5.16. The Morgan fingerprint density at radius 2 is 1.88 bits per heavy atom. The van der Waals surface area contributed by atoms with Crippen LogP contribution >= 0.6 is 0 Å². The summed E-state index contributed by atoms with van der Waals surface area (Å²) in [6, 6.07) is 11.0. The lowest BCUT2D eigenvalue weighted by Crippen LogP contribution is -2.40. The first kappa shape index (κ1) is 13.2. The van der Waals surface area contributed by atoms with E-state index in [0.29, 0.717) is 12.1 Å². The van der Waals surface area contributed by atoms with Crippen molar-refractivity contribution >= 4 is 0 Å². The zero-order valence-electron chi connectivity index (χ0n) is 10.6. The highest BCUT2D eigenvalue weighted by Crippen LogP contribution is 2.11. The molecule has 2 nitrogen and oxygen atoms in total. The van der Waals surface area contributed by atoms with Crippen LogP contribution in [0.15, 0.2) is 30.3 Å². The maximum absolute atomic E-state index is 5.75. The number of likely N-dealkylation sites (N-methyl/N-ethyl adjacent to an activating group) is 1. The summed E-state index contributed by atoms with van der Waals surface area (Å²) in [7, 11) is 2.01.